The SMILES string of the molecule is CCOc1ccc(NS(=O)(=O)c2c(F)cccc2F)cc1OC. The van der Waals surface area contributed by atoms with Gasteiger partial charge in [0.05, 0.1) is 19.4 Å². The van der Waals surface area contributed by atoms with Crippen LogP contribution in [0.4, 0.5) is 14.5 Å². The molecule has 0 saturated heterocycles. The van der Waals surface area contributed by atoms with Crippen molar-refractivity contribution in [3.05, 3.63) is 48.0 Å². The lowest BCUT2D eigenvalue weighted by atomic mass is 10.3. The highest BCUT2D eigenvalue weighted by molar-refractivity contribution is 7.92. The van der Waals surface area contributed by atoms with E-state index in [0.29, 0.717) is 18.1 Å². The fraction of sp³-hybridized carbons (Fsp3) is 0.200. The molecule has 5 nitrogen and oxygen atoms in total. The van der Waals surface area contributed by atoms with Crippen molar-refractivity contribution in [3.63, 3.8) is 0 Å². The smallest absolute Gasteiger partial charge is 0.267 e. The summed E-state index contributed by atoms with van der Waals surface area (Å²) in [7, 11) is -3.03. The number of sulfonamides is 1. The minimum Gasteiger partial charge on any atom is -0.493 e. The molecule has 1 N–H and O–H groups in total. The van der Waals surface area contributed by atoms with Gasteiger partial charge in [-0.15, -0.1) is 0 Å². The third-order valence-corrected chi connectivity index (χ3v) is 4.34. The Bertz CT molecular complexity index is 789. The fourth-order valence-electron chi connectivity index (χ4n) is 1.95. The number of nitrogens with one attached hydrogen (secondary N) is 1. The zero-order valence-electron chi connectivity index (χ0n) is 12.5. The quantitative estimate of drug-likeness (QED) is 0.875. The van der Waals surface area contributed by atoms with Gasteiger partial charge < -0.3 is 9.47 Å². The van der Waals surface area contributed by atoms with E-state index in [9.17, 15) is 17.2 Å². The van der Waals surface area contributed by atoms with Crippen LogP contribution in [0.2, 0.25) is 0 Å². The summed E-state index contributed by atoms with van der Waals surface area (Å²) in [5.74, 6) is -1.62. The summed E-state index contributed by atoms with van der Waals surface area (Å²) in [5.41, 5.74) is 0.0907. The Kier molecular flexibility index (Phi) is 5.05. The highest BCUT2D eigenvalue weighted by atomic mass is 32.2. The van der Waals surface area contributed by atoms with Gasteiger partial charge >= 0.3 is 0 Å². The summed E-state index contributed by atoms with van der Waals surface area (Å²) in [6.45, 7) is 2.19. The van der Waals surface area contributed by atoms with E-state index < -0.39 is 26.6 Å². The normalized spacial score (nSPS) is 11.1. The van der Waals surface area contributed by atoms with Gasteiger partial charge in [-0.1, -0.05) is 6.07 Å². The van der Waals surface area contributed by atoms with Gasteiger partial charge in [-0.25, -0.2) is 17.2 Å². The third kappa shape index (κ3) is 3.70. The maximum Gasteiger partial charge on any atom is 0.267 e. The number of hydrogen-bond donors (Lipinski definition) is 1. The first-order valence-electron chi connectivity index (χ1n) is 6.66. The van der Waals surface area contributed by atoms with E-state index in [1.165, 1.54) is 25.3 Å². The van der Waals surface area contributed by atoms with Crippen molar-refractivity contribution in [2.75, 3.05) is 18.4 Å². The van der Waals surface area contributed by atoms with Gasteiger partial charge in [-0.2, -0.15) is 0 Å². The number of anilines is 1. The van der Waals surface area contributed by atoms with Crippen LogP contribution in [-0.2, 0) is 10.0 Å². The molecular formula is C15H15F2NO4S. The molecule has 0 aliphatic carbocycles. The summed E-state index contributed by atoms with van der Waals surface area (Å²) in [6, 6.07) is 7.10. The van der Waals surface area contributed by atoms with Gasteiger partial charge in [0.15, 0.2) is 16.4 Å². The Labute approximate surface area is 132 Å². The van der Waals surface area contributed by atoms with E-state index in [4.69, 9.17) is 9.47 Å². The Morgan fingerprint density at radius 1 is 1.09 bits per heavy atom. The lowest BCUT2D eigenvalue weighted by Crippen LogP contribution is -2.16. The lowest BCUT2D eigenvalue weighted by Gasteiger charge is -2.13. The van der Waals surface area contributed by atoms with Crippen molar-refractivity contribution in [3.8, 4) is 11.5 Å². The Hall–Kier alpha value is -2.35. The first-order chi connectivity index (χ1) is 10.9. The second-order valence-electron chi connectivity index (χ2n) is 4.45. The minimum absolute atomic E-state index is 0.0907. The van der Waals surface area contributed by atoms with Gasteiger partial charge in [-0.05, 0) is 31.2 Å². The van der Waals surface area contributed by atoms with Crippen LogP contribution in [0.15, 0.2) is 41.3 Å². The molecule has 0 heterocycles. The zero-order chi connectivity index (χ0) is 17.0. The number of benzene rings is 2. The summed E-state index contributed by atoms with van der Waals surface area (Å²) >= 11 is 0. The molecule has 0 aliphatic rings. The molecule has 2 aromatic rings. The zero-order valence-corrected chi connectivity index (χ0v) is 13.3. The molecule has 2 aromatic carbocycles. The van der Waals surface area contributed by atoms with Crippen molar-refractivity contribution in [1.29, 1.82) is 0 Å². The largest absolute Gasteiger partial charge is 0.493 e. The molecule has 0 radical (unpaired) electrons. The first kappa shape index (κ1) is 17.0. The third-order valence-electron chi connectivity index (χ3n) is 2.90. The van der Waals surface area contributed by atoms with E-state index in [-0.39, 0.29) is 5.69 Å². The molecule has 0 aromatic heterocycles. The highest BCUT2D eigenvalue weighted by Gasteiger charge is 2.24. The summed E-state index contributed by atoms with van der Waals surface area (Å²) in [4.78, 5) is -1.03. The maximum absolute atomic E-state index is 13.7. The highest BCUT2D eigenvalue weighted by Crippen LogP contribution is 2.31. The standard InChI is InChI=1S/C15H15F2NO4S/c1-3-22-13-8-7-10(9-14(13)21-2)18-23(19,20)15-11(16)5-4-6-12(15)17/h4-9,18H,3H2,1-2H3. The van der Waals surface area contributed by atoms with E-state index in [0.717, 1.165) is 18.2 Å². The predicted molar refractivity (Wildman–Crippen MR) is 81.3 cm³/mol. The Morgan fingerprint density at radius 3 is 2.30 bits per heavy atom. The van der Waals surface area contributed by atoms with Crippen molar-refractivity contribution in [1.82, 2.24) is 0 Å². The maximum atomic E-state index is 13.7. The lowest BCUT2D eigenvalue weighted by molar-refractivity contribution is 0.311. The summed E-state index contributed by atoms with van der Waals surface area (Å²) < 4.78 is 64.2. The molecule has 124 valence electrons. The van der Waals surface area contributed by atoms with Crippen molar-refractivity contribution >= 4 is 15.7 Å². The van der Waals surface area contributed by atoms with Gasteiger partial charge in [0, 0.05) is 6.07 Å². The number of halogens is 2. The van der Waals surface area contributed by atoms with E-state index in [1.807, 2.05) is 0 Å². The average Bonchev–Trinajstić information content (AvgIpc) is 2.48. The molecule has 8 heteroatoms. The van der Waals surface area contributed by atoms with Crippen LogP contribution in [0.5, 0.6) is 11.5 Å². The van der Waals surface area contributed by atoms with Crippen LogP contribution in [-0.4, -0.2) is 22.1 Å². The van der Waals surface area contributed by atoms with Crippen molar-refractivity contribution < 1.29 is 26.7 Å². The van der Waals surface area contributed by atoms with Crippen molar-refractivity contribution in [2.24, 2.45) is 0 Å². The second kappa shape index (κ2) is 6.82. The molecule has 23 heavy (non-hydrogen) atoms. The van der Waals surface area contributed by atoms with Crippen LogP contribution in [0.3, 0.4) is 0 Å². The Morgan fingerprint density at radius 2 is 1.74 bits per heavy atom. The fourth-order valence-corrected chi connectivity index (χ4v) is 3.14. The van der Waals surface area contributed by atoms with Crippen LogP contribution in [0, 0.1) is 11.6 Å². The molecule has 0 amide bonds. The van der Waals surface area contributed by atoms with Crippen molar-refractivity contribution in [2.45, 2.75) is 11.8 Å². The molecule has 0 saturated carbocycles. The second-order valence-corrected chi connectivity index (χ2v) is 6.07. The van der Waals surface area contributed by atoms with E-state index in [1.54, 1.807) is 6.92 Å². The number of hydrogen-bond acceptors (Lipinski definition) is 4. The van der Waals surface area contributed by atoms with E-state index >= 15 is 0 Å². The Balaban J connectivity index is 2.38. The predicted octanol–water partition coefficient (Wildman–Crippen LogP) is 3.17. The summed E-state index contributed by atoms with van der Waals surface area (Å²) in [5, 5.41) is 0. The topological polar surface area (TPSA) is 64.6 Å². The van der Waals surface area contributed by atoms with Gasteiger partial charge in [-0.3, -0.25) is 4.72 Å². The average molecular weight is 343 g/mol. The minimum atomic E-state index is -4.42. The van der Waals surface area contributed by atoms with E-state index in [2.05, 4.69) is 4.72 Å². The molecule has 0 bridgehead atoms. The molecule has 0 fully saturated rings. The molecule has 0 aliphatic heterocycles. The van der Waals surface area contributed by atoms with Gasteiger partial charge in [0.1, 0.15) is 11.6 Å². The van der Waals surface area contributed by atoms with Crippen LogP contribution in [0.1, 0.15) is 6.92 Å². The van der Waals surface area contributed by atoms with Crippen LogP contribution in [0.25, 0.3) is 0 Å². The van der Waals surface area contributed by atoms with Gasteiger partial charge in [0.25, 0.3) is 10.0 Å². The van der Waals surface area contributed by atoms with Crippen LogP contribution < -0.4 is 14.2 Å². The molecule has 2 rings (SSSR count). The van der Waals surface area contributed by atoms with Crippen LogP contribution >= 0.6 is 0 Å². The molecule has 0 spiro atoms. The number of methoxy groups -OCH3 is 1. The molecule has 0 atom stereocenters. The monoisotopic (exact) mass is 343 g/mol. The van der Waals surface area contributed by atoms with Gasteiger partial charge in [0.2, 0.25) is 0 Å². The number of rotatable bonds is 6. The molecule has 0 unspecified atom stereocenters. The summed E-state index contributed by atoms with van der Waals surface area (Å²) in [6.07, 6.45) is 0. The first-order valence-corrected chi connectivity index (χ1v) is 8.15. The number of ether oxygens (including phenoxy) is 2. The molecular weight excluding hydrogens is 328 g/mol.